The van der Waals surface area contributed by atoms with Gasteiger partial charge in [0.1, 0.15) is 5.82 Å². The number of hydrogen-bond donors (Lipinski definition) is 1. The van der Waals surface area contributed by atoms with Crippen molar-refractivity contribution in [3.05, 3.63) is 70.5 Å². The van der Waals surface area contributed by atoms with Crippen molar-refractivity contribution in [1.29, 1.82) is 0 Å². The van der Waals surface area contributed by atoms with Gasteiger partial charge in [-0.3, -0.25) is 4.79 Å². The summed E-state index contributed by atoms with van der Waals surface area (Å²) in [6, 6.07) is 13.9. The van der Waals surface area contributed by atoms with Crippen LogP contribution in [-0.4, -0.2) is 25.2 Å². The molecular weight excluding hydrogens is 381 g/mol. The summed E-state index contributed by atoms with van der Waals surface area (Å²) in [5, 5.41) is 3.79. The lowest BCUT2D eigenvalue weighted by Gasteiger charge is -2.43. The van der Waals surface area contributed by atoms with Crippen molar-refractivity contribution in [3.8, 4) is 0 Å². The van der Waals surface area contributed by atoms with Crippen LogP contribution in [0.25, 0.3) is 0 Å². The second-order valence-electron chi connectivity index (χ2n) is 7.48. The van der Waals surface area contributed by atoms with E-state index >= 15 is 0 Å². The standard InChI is InChI=1S/C22H25ClFNO3/c1-22(25-21(26)10-11-27-2)13-19(15-6-8-17(23)9-7-15)28-20(14-22)16-4-3-5-18(24)12-16/h3-9,12,19-20H,10-11,13-14H2,1-2H3,(H,25,26)/t19-,20+,22-/m0/s1. The molecule has 0 saturated carbocycles. The van der Waals surface area contributed by atoms with Crippen LogP contribution in [0.3, 0.4) is 0 Å². The topological polar surface area (TPSA) is 47.6 Å². The largest absolute Gasteiger partial charge is 0.384 e. The first-order valence-electron chi connectivity index (χ1n) is 9.35. The van der Waals surface area contributed by atoms with Crippen molar-refractivity contribution in [2.24, 2.45) is 0 Å². The fourth-order valence-electron chi connectivity index (χ4n) is 3.67. The molecule has 4 nitrogen and oxygen atoms in total. The molecule has 0 bridgehead atoms. The van der Waals surface area contributed by atoms with E-state index in [1.807, 2.05) is 37.3 Å². The smallest absolute Gasteiger partial charge is 0.222 e. The Morgan fingerprint density at radius 1 is 1.21 bits per heavy atom. The molecule has 1 aliphatic heterocycles. The Morgan fingerprint density at radius 3 is 2.54 bits per heavy atom. The average Bonchev–Trinajstić information content (AvgIpc) is 2.66. The molecule has 1 heterocycles. The third kappa shape index (κ3) is 5.31. The fraction of sp³-hybridized carbons (Fsp3) is 0.409. The summed E-state index contributed by atoms with van der Waals surface area (Å²) in [6.07, 6.45) is 0.881. The van der Waals surface area contributed by atoms with E-state index in [2.05, 4.69) is 5.32 Å². The fourth-order valence-corrected chi connectivity index (χ4v) is 3.80. The maximum absolute atomic E-state index is 13.8. The van der Waals surface area contributed by atoms with Crippen LogP contribution in [0.15, 0.2) is 48.5 Å². The number of benzene rings is 2. The van der Waals surface area contributed by atoms with Crippen LogP contribution in [0.2, 0.25) is 5.02 Å². The molecule has 2 aromatic rings. The van der Waals surface area contributed by atoms with E-state index in [4.69, 9.17) is 21.1 Å². The molecule has 0 unspecified atom stereocenters. The Bertz CT molecular complexity index is 814. The minimum Gasteiger partial charge on any atom is -0.384 e. The molecule has 150 valence electrons. The van der Waals surface area contributed by atoms with E-state index in [-0.39, 0.29) is 23.9 Å². The van der Waals surface area contributed by atoms with Gasteiger partial charge in [0.2, 0.25) is 5.91 Å². The molecule has 1 amide bonds. The molecule has 0 spiro atoms. The highest BCUT2D eigenvalue weighted by Gasteiger charge is 2.40. The zero-order valence-electron chi connectivity index (χ0n) is 16.1. The maximum Gasteiger partial charge on any atom is 0.222 e. The van der Waals surface area contributed by atoms with Gasteiger partial charge in [0.25, 0.3) is 0 Å². The van der Waals surface area contributed by atoms with E-state index in [0.29, 0.717) is 30.9 Å². The van der Waals surface area contributed by atoms with Crippen LogP contribution in [0.4, 0.5) is 4.39 Å². The highest BCUT2D eigenvalue weighted by Crippen LogP contribution is 2.43. The highest BCUT2D eigenvalue weighted by molar-refractivity contribution is 6.30. The van der Waals surface area contributed by atoms with Gasteiger partial charge in [-0.15, -0.1) is 0 Å². The number of methoxy groups -OCH3 is 1. The van der Waals surface area contributed by atoms with Crippen LogP contribution >= 0.6 is 11.6 Å². The van der Waals surface area contributed by atoms with Crippen LogP contribution in [0.1, 0.15) is 49.5 Å². The molecule has 1 saturated heterocycles. The van der Waals surface area contributed by atoms with Crippen molar-refractivity contribution in [3.63, 3.8) is 0 Å². The average molecular weight is 406 g/mol. The molecular formula is C22H25ClFNO3. The number of nitrogens with one attached hydrogen (secondary N) is 1. The Morgan fingerprint density at radius 2 is 1.89 bits per heavy atom. The first-order valence-corrected chi connectivity index (χ1v) is 9.73. The van der Waals surface area contributed by atoms with Crippen LogP contribution < -0.4 is 5.32 Å². The molecule has 3 atom stereocenters. The Labute approximate surface area is 170 Å². The van der Waals surface area contributed by atoms with Gasteiger partial charge in [0, 0.05) is 36.9 Å². The summed E-state index contributed by atoms with van der Waals surface area (Å²) in [5.41, 5.74) is 1.24. The van der Waals surface area contributed by atoms with Gasteiger partial charge in [-0.1, -0.05) is 35.9 Å². The SMILES string of the molecule is COCCC(=O)N[C@@]1(C)C[C@@H](c2ccc(Cl)cc2)O[C@@H](c2cccc(F)c2)C1. The van der Waals surface area contributed by atoms with E-state index in [9.17, 15) is 9.18 Å². The lowest BCUT2D eigenvalue weighted by molar-refractivity contribution is -0.129. The number of carbonyl (C=O) groups excluding carboxylic acids is 1. The number of rotatable bonds is 6. The number of halogens is 2. The Hall–Kier alpha value is -1.95. The molecule has 2 aromatic carbocycles. The molecule has 1 aliphatic rings. The molecule has 0 aromatic heterocycles. The first-order chi connectivity index (χ1) is 13.4. The summed E-state index contributed by atoms with van der Waals surface area (Å²) in [7, 11) is 1.57. The van der Waals surface area contributed by atoms with Crippen molar-refractivity contribution < 1.29 is 18.7 Å². The molecule has 1 fully saturated rings. The molecule has 0 aliphatic carbocycles. The molecule has 1 N–H and O–H groups in total. The highest BCUT2D eigenvalue weighted by atomic mass is 35.5. The minimum absolute atomic E-state index is 0.0703. The van der Waals surface area contributed by atoms with Gasteiger partial charge in [0.05, 0.1) is 18.8 Å². The molecule has 28 heavy (non-hydrogen) atoms. The first kappa shape index (κ1) is 20.8. The van der Waals surface area contributed by atoms with E-state index in [1.54, 1.807) is 13.2 Å². The van der Waals surface area contributed by atoms with E-state index < -0.39 is 5.54 Å². The van der Waals surface area contributed by atoms with Crippen LogP contribution in [0.5, 0.6) is 0 Å². The molecule has 0 radical (unpaired) electrons. The minimum atomic E-state index is -0.496. The van der Waals surface area contributed by atoms with Crippen molar-refractivity contribution in [1.82, 2.24) is 5.32 Å². The maximum atomic E-state index is 13.8. The number of amides is 1. The zero-order chi connectivity index (χ0) is 20.1. The lowest BCUT2D eigenvalue weighted by atomic mass is 9.81. The van der Waals surface area contributed by atoms with Crippen LogP contribution in [-0.2, 0) is 14.3 Å². The summed E-state index contributed by atoms with van der Waals surface area (Å²) < 4.78 is 25.1. The van der Waals surface area contributed by atoms with Gasteiger partial charge >= 0.3 is 0 Å². The summed E-state index contributed by atoms with van der Waals surface area (Å²) in [5.74, 6) is -0.375. The quantitative estimate of drug-likeness (QED) is 0.737. The summed E-state index contributed by atoms with van der Waals surface area (Å²) in [4.78, 5) is 12.4. The zero-order valence-corrected chi connectivity index (χ0v) is 16.8. The van der Waals surface area contributed by atoms with Crippen molar-refractivity contribution >= 4 is 17.5 Å². The number of carbonyl (C=O) groups is 1. The monoisotopic (exact) mass is 405 g/mol. The summed E-state index contributed by atoms with van der Waals surface area (Å²) in [6.45, 7) is 2.38. The Kier molecular flexibility index (Phi) is 6.70. The second kappa shape index (κ2) is 9.03. The predicted molar refractivity (Wildman–Crippen MR) is 107 cm³/mol. The number of hydrogen-bond acceptors (Lipinski definition) is 3. The van der Waals surface area contributed by atoms with Gasteiger partial charge in [-0.05, 0) is 42.3 Å². The van der Waals surface area contributed by atoms with E-state index in [0.717, 1.165) is 11.1 Å². The van der Waals surface area contributed by atoms with Gasteiger partial charge in [-0.25, -0.2) is 4.39 Å². The van der Waals surface area contributed by atoms with Gasteiger partial charge < -0.3 is 14.8 Å². The van der Waals surface area contributed by atoms with Crippen molar-refractivity contribution in [2.75, 3.05) is 13.7 Å². The van der Waals surface area contributed by atoms with Crippen LogP contribution in [0, 0.1) is 5.82 Å². The normalized spacial score (nSPS) is 24.7. The predicted octanol–water partition coefficient (Wildman–Crippen LogP) is 4.98. The third-order valence-corrected chi connectivity index (χ3v) is 5.29. The van der Waals surface area contributed by atoms with Gasteiger partial charge in [-0.2, -0.15) is 0 Å². The Balaban J connectivity index is 1.86. The summed E-state index contributed by atoms with van der Waals surface area (Å²) >= 11 is 6.01. The van der Waals surface area contributed by atoms with Gasteiger partial charge in [0.15, 0.2) is 0 Å². The van der Waals surface area contributed by atoms with E-state index in [1.165, 1.54) is 12.1 Å². The molecule has 3 rings (SSSR count). The van der Waals surface area contributed by atoms with Crippen molar-refractivity contribution in [2.45, 2.75) is 43.9 Å². The third-order valence-electron chi connectivity index (χ3n) is 5.04. The second-order valence-corrected chi connectivity index (χ2v) is 7.92. The molecule has 6 heteroatoms. The number of ether oxygens (including phenoxy) is 2. The lowest BCUT2D eigenvalue weighted by Crippen LogP contribution is -2.51.